The van der Waals surface area contributed by atoms with Gasteiger partial charge < -0.3 is 29.7 Å². The summed E-state index contributed by atoms with van der Waals surface area (Å²) in [5.41, 5.74) is 0.849. The zero-order valence-electron chi connectivity index (χ0n) is 35.7. The highest BCUT2D eigenvalue weighted by molar-refractivity contribution is 5.90. The molecule has 9 atom stereocenters. The molecule has 312 valence electrons. The first kappa shape index (κ1) is 47.8. The van der Waals surface area contributed by atoms with Crippen molar-refractivity contribution in [2.24, 2.45) is 29.6 Å². The third kappa shape index (κ3) is 13.1. The van der Waals surface area contributed by atoms with Gasteiger partial charge in [0.2, 0.25) is 17.7 Å². The molecule has 1 aromatic carbocycles. The molecular formula is C43H72N4O8. The van der Waals surface area contributed by atoms with E-state index in [1.807, 2.05) is 83.8 Å². The van der Waals surface area contributed by atoms with Crippen LogP contribution < -0.4 is 5.32 Å². The summed E-state index contributed by atoms with van der Waals surface area (Å²) in [6.07, 6.45) is 1.84. The second kappa shape index (κ2) is 23.0. The number of carboxylic acids is 1. The second-order valence-corrected chi connectivity index (χ2v) is 16.4. The van der Waals surface area contributed by atoms with E-state index in [4.69, 9.17) is 9.47 Å². The van der Waals surface area contributed by atoms with Crippen LogP contribution in [0.1, 0.15) is 99.5 Å². The molecule has 0 spiro atoms. The van der Waals surface area contributed by atoms with Crippen LogP contribution in [0.2, 0.25) is 0 Å². The number of carbonyl (C=O) groups excluding carboxylic acids is 4. The van der Waals surface area contributed by atoms with Crippen LogP contribution in [0.4, 0.5) is 0 Å². The van der Waals surface area contributed by atoms with Crippen LogP contribution in [0.15, 0.2) is 30.3 Å². The van der Waals surface area contributed by atoms with Crippen molar-refractivity contribution in [2.75, 3.05) is 41.4 Å². The summed E-state index contributed by atoms with van der Waals surface area (Å²) in [4.78, 5) is 73.5. The Balaban J connectivity index is 2.28. The number of Topliss-reactive ketones (excluding diaryl/α,β-unsaturated/α-hetero) is 1. The number of nitrogens with one attached hydrogen (secondary N) is 1. The summed E-state index contributed by atoms with van der Waals surface area (Å²) in [6, 6.07) is 7.26. The fourth-order valence-corrected chi connectivity index (χ4v) is 8.39. The van der Waals surface area contributed by atoms with Crippen LogP contribution >= 0.6 is 0 Å². The number of rotatable bonds is 24. The van der Waals surface area contributed by atoms with Crippen molar-refractivity contribution >= 4 is 29.5 Å². The summed E-state index contributed by atoms with van der Waals surface area (Å²) in [6.45, 7) is 17.0. The van der Waals surface area contributed by atoms with E-state index in [0.29, 0.717) is 13.0 Å². The van der Waals surface area contributed by atoms with Gasteiger partial charge in [-0.25, -0.2) is 0 Å². The molecule has 1 heterocycles. The van der Waals surface area contributed by atoms with Crippen molar-refractivity contribution in [1.82, 2.24) is 20.0 Å². The van der Waals surface area contributed by atoms with Gasteiger partial charge in [0.25, 0.3) is 0 Å². The third-order valence-corrected chi connectivity index (χ3v) is 11.7. The minimum atomic E-state index is -1.03. The largest absolute Gasteiger partial charge is 0.481 e. The number of likely N-dealkylation sites (N-methyl/N-ethyl adjacent to an activating group) is 2. The molecule has 0 bridgehead atoms. The molecule has 1 saturated heterocycles. The molecular weight excluding hydrogens is 700 g/mol. The second-order valence-electron chi connectivity index (χ2n) is 16.4. The van der Waals surface area contributed by atoms with Gasteiger partial charge in [0.05, 0.1) is 42.7 Å². The SMILES string of the molecule is CCCN(C)[C@H](C(=O)N[C@H](C(=O)N(C)[C@@H]([C@@H](C)CC)[C@@H](CC(=O)N1CCC[C@H]1[C@H](OC)[C@@H](C)C(=O)C[C@@H](Cc1ccccc1)C(=O)O)OC)C(C)C)C(C)C. The predicted molar refractivity (Wildman–Crippen MR) is 215 cm³/mol. The first-order valence-electron chi connectivity index (χ1n) is 20.4. The zero-order valence-corrected chi connectivity index (χ0v) is 35.7. The summed E-state index contributed by atoms with van der Waals surface area (Å²) >= 11 is 0. The maximum absolute atomic E-state index is 14.3. The zero-order chi connectivity index (χ0) is 41.6. The topological polar surface area (TPSA) is 146 Å². The van der Waals surface area contributed by atoms with E-state index < -0.39 is 42.1 Å². The molecule has 0 aromatic heterocycles. The molecule has 3 amide bonds. The number of methoxy groups -OCH3 is 2. The van der Waals surface area contributed by atoms with Crippen molar-refractivity contribution in [1.29, 1.82) is 0 Å². The van der Waals surface area contributed by atoms with Gasteiger partial charge in [-0.3, -0.25) is 28.9 Å². The van der Waals surface area contributed by atoms with Gasteiger partial charge >= 0.3 is 5.97 Å². The molecule has 1 aromatic rings. The van der Waals surface area contributed by atoms with Gasteiger partial charge in [-0.1, -0.05) is 92.1 Å². The van der Waals surface area contributed by atoms with E-state index in [0.717, 1.165) is 31.4 Å². The fourth-order valence-electron chi connectivity index (χ4n) is 8.39. The predicted octanol–water partition coefficient (Wildman–Crippen LogP) is 5.32. The van der Waals surface area contributed by atoms with E-state index in [2.05, 4.69) is 12.2 Å². The van der Waals surface area contributed by atoms with E-state index >= 15 is 0 Å². The molecule has 0 saturated carbocycles. The highest BCUT2D eigenvalue weighted by Crippen LogP contribution is 2.31. The third-order valence-electron chi connectivity index (χ3n) is 11.7. The van der Waals surface area contributed by atoms with Crippen LogP contribution in [0, 0.1) is 29.6 Å². The van der Waals surface area contributed by atoms with Crippen LogP contribution in [0.3, 0.4) is 0 Å². The van der Waals surface area contributed by atoms with Gasteiger partial charge in [0, 0.05) is 40.2 Å². The first-order valence-corrected chi connectivity index (χ1v) is 20.4. The molecule has 1 aliphatic rings. The summed E-state index contributed by atoms with van der Waals surface area (Å²) in [7, 11) is 6.75. The van der Waals surface area contributed by atoms with E-state index in [1.54, 1.807) is 30.9 Å². The highest BCUT2D eigenvalue weighted by Gasteiger charge is 2.43. The number of amides is 3. The number of hydrogen-bond donors (Lipinski definition) is 2. The average Bonchev–Trinajstić information content (AvgIpc) is 3.63. The van der Waals surface area contributed by atoms with Gasteiger partial charge in [0.15, 0.2) is 0 Å². The minimum absolute atomic E-state index is 0.00644. The van der Waals surface area contributed by atoms with E-state index in [1.165, 1.54) is 7.11 Å². The van der Waals surface area contributed by atoms with Crippen molar-refractivity contribution in [3.05, 3.63) is 35.9 Å². The molecule has 0 aliphatic carbocycles. The number of carboxylic acid groups (broad SMARTS) is 1. The number of carbonyl (C=O) groups is 5. The number of aliphatic carboxylic acids is 1. The Bertz CT molecular complexity index is 1370. The normalized spacial score (nSPS) is 19.0. The first-order chi connectivity index (χ1) is 25.9. The van der Waals surface area contributed by atoms with Crippen LogP contribution in [-0.2, 0) is 39.9 Å². The monoisotopic (exact) mass is 773 g/mol. The van der Waals surface area contributed by atoms with Crippen LogP contribution in [-0.4, -0.2) is 127 Å². The summed E-state index contributed by atoms with van der Waals surface area (Å²) in [5, 5.41) is 13.0. The number of ether oxygens (including phenoxy) is 2. The standard InChI is InChI=1S/C43H72N4O8/c1-13-22-45(9)38(28(5)6)41(50)44-37(27(3)4)42(51)46(10)39(29(7)14-2)35(54-11)26-36(49)47-23-18-21-33(47)40(55-12)30(8)34(48)25-32(43(52)53)24-31-19-16-15-17-20-31/h15-17,19-20,27-30,32-33,35,37-40H,13-14,18,21-26H2,1-12H3,(H,44,50)(H,52,53)/t29-,30-,32+,33-,35+,37-,38-,39-,40+/m0/s1. The Morgan fingerprint density at radius 2 is 1.56 bits per heavy atom. The van der Waals surface area contributed by atoms with Crippen molar-refractivity contribution < 1.29 is 38.6 Å². The summed E-state index contributed by atoms with van der Waals surface area (Å²) < 4.78 is 12.0. The fraction of sp³-hybridized carbons (Fsp3) is 0.744. The van der Waals surface area contributed by atoms with E-state index in [9.17, 15) is 29.1 Å². The van der Waals surface area contributed by atoms with E-state index in [-0.39, 0.29) is 72.6 Å². The molecule has 1 fully saturated rings. The molecule has 0 unspecified atom stereocenters. The lowest BCUT2D eigenvalue weighted by atomic mass is 9.85. The summed E-state index contributed by atoms with van der Waals surface area (Å²) in [5.74, 6) is -3.52. The molecule has 12 nitrogen and oxygen atoms in total. The smallest absolute Gasteiger partial charge is 0.307 e. The number of benzene rings is 1. The Labute approximate surface area is 331 Å². The molecule has 2 N–H and O–H groups in total. The number of nitrogens with zero attached hydrogens (tertiary/aromatic N) is 3. The van der Waals surface area contributed by atoms with Crippen molar-refractivity contribution in [3.63, 3.8) is 0 Å². The Morgan fingerprint density at radius 3 is 2.07 bits per heavy atom. The van der Waals surface area contributed by atoms with Gasteiger partial charge in [-0.2, -0.15) is 0 Å². The van der Waals surface area contributed by atoms with Gasteiger partial charge in [-0.15, -0.1) is 0 Å². The number of likely N-dealkylation sites (tertiary alicyclic amines) is 1. The van der Waals surface area contributed by atoms with Crippen molar-refractivity contribution in [3.8, 4) is 0 Å². The number of ketones is 1. The average molecular weight is 773 g/mol. The molecule has 1 aliphatic heterocycles. The lowest BCUT2D eigenvalue weighted by molar-refractivity contribution is -0.148. The van der Waals surface area contributed by atoms with Gasteiger partial charge in [-0.05, 0) is 62.6 Å². The molecule has 55 heavy (non-hydrogen) atoms. The van der Waals surface area contributed by atoms with Crippen molar-refractivity contribution in [2.45, 2.75) is 137 Å². The van der Waals surface area contributed by atoms with Crippen LogP contribution in [0.25, 0.3) is 0 Å². The quantitative estimate of drug-likeness (QED) is 0.143. The maximum atomic E-state index is 14.3. The number of hydrogen-bond acceptors (Lipinski definition) is 8. The maximum Gasteiger partial charge on any atom is 0.307 e. The Morgan fingerprint density at radius 1 is 0.927 bits per heavy atom. The molecule has 0 radical (unpaired) electrons. The molecule has 2 rings (SSSR count). The Hall–Kier alpha value is -3.35. The van der Waals surface area contributed by atoms with Gasteiger partial charge in [0.1, 0.15) is 11.8 Å². The minimum Gasteiger partial charge on any atom is -0.481 e. The van der Waals surface area contributed by atoms with Crippen LogP contribution in [0.5, 0.6) is 0 Å². The lowest BCUT2D eigenvalue weighted by Crippen LogP contribution is -2.60. The highest BCUT2D eigenvalue weighted by atomic mass is 16.5. The Kier molecular flexibility index (Phi) is 20.0. The lowest BCUT2D eigenvalue weighted by Gasteiger charge is -2.41. The molecule has 12 heteroatoms.